The molecule has 182 valence electrons. The van der Waals surface area contributed by atoms with Crippen molar-refractivity contribution in [3.05, 3.63) is 83.9 Å². The van der Waals surface area contributed by atoms with Gasteiger partial charge in [-0.2, -0.15) is 4.98 Å². The van der Waals surface area contributed by atoms with Crippen LogP contribution in [0.3, 0.4) is 0 Å². The summed E-state index contributed by atoms with van der Waals surface area (Å²) in [7, 11) is 1.58. The molecule has 1 aromatic heterocycles. The molecule has 0 fully saturated rings. The zero-order valence-corrected chi connectivity index (χ0v) is 20.8. The van der Waals surface area contributed by atoms with Gasteiger partial charge in [-0.3, -0.25) is 4.79 Å². The Labute approximate surface area is 213 Å². The van der Waals surface area contributed by atoms with Gasteiger partial charge in [0, 0.05) is 17.5 Å². The van der Waals surface area contributed by atoms with Gasteiger partial charge in [0.2, 0.25) is 11.8 Å². The maximum absolute atomic E-state index is 12.8. The van der Waals surface area contributed by atoms with Crippen molar-refractivity contribution in [2.75, 3.05) is 24.8 Å². The number of rotatable bonds is 8. The van der Waals surface area contributed by atoms with Crippen LogP contribution in [0.5, 0.6) is 23.1 Å². The minimum absolute atomic E-state index is 0.158. The largest absolute Gasteiger partial charge is 0.495 e. The Balaban J connectivity index is 1.45. The Hall–Kier alpha value is -4.04. The van der Waals surface area contributed by atoms with E-state index in [9.17, 15) is 4.79 Å². The fraction of sp³-hybridized carbons (Fsp3) is 0.179. The van der Waals surface area contributed by atoms with Crippen molar-refractivity contribution < 1.29 is 19.0 Å². The molecular weight excluding hydrogens is 474 g/mol. The summed E-state index contributed by atoms with van der Waals surface area (Å²) in [5.41, 5.74) is 3.34. The highest BCUT2D eigenvalue weighted by Gasteiger charge is 2.27. The number of carbonyl (C=O) groups excluding carboxylic acids is 1. The van der Waals surface area contributed by atoms with Crippen molar-refractivity contribution in [3.8, 4) is 34.5 Å². The van der Waals surface area contributed by atoms with Gasteiger partial charge in [0.05, 0.1) is 30.7 Å². The smallest absolute Gasteiger partial charge is 0.234 e. The number of thioether (sulfide) groups is 1. The first kappa shape index (κ1) is 23.7. The number of fused-ring (bicyclic) bond motifs is 2. The standard InChI is InChI=1S/C28H25N3O4S/c1-3-34-23-15-9-12-19-16-20-27(35-25(19)23)30-26(18-10-5-4-6-11-18)31-28(20)36-17-24(32)29-21-13-7-8-14-22(21)33-2/h4-15H,3,16-17H2,1-2H3,(H,29,32). The van der Waals surface area contributed by atoms with E-state index in [1.807, 2.05) is 73.7 Å². The molecule has 0 bridgehead atoms. The van der Waals surface area contributed by atoms with E-state index >= 15 is 0 Å². The Morgan fingerprint density at radius 2 is 1.78 bits per heavy atom. The van der Waals surface area contributed by atoms with E-state index < -0.39 is 0 Å². The molecule has 3 aromatic carbocycles. The molecule has 0 unspecified atom stereocenters. The summed E-state index contributed by atoms with van der Waals surface area (Å²) in [6.07, 6.45) is 0.580. The van der Waals surface area contributed by atoms with E-state index in [4.69, 9.17) is 24.2 Å². The van der Waals surface area contributed by atoms with Crippen molar-refractivity contribution in [1.82, 2.24) is 9.97 Å². The van der Waals surface area contributed by atoms with E-state index in [1.54, 1.807) is 13.2 Å². The second-order valence-corrected chi connectivity index (χ2v) is 8.96. The van der Waals surface area contributed by atoms with Crippen LogP contribution in [0, 0.1) is 0 Å². The quantitative estimate of drug-likeness (QED) is 0.208. The van der Waals surface area contributed by atoms with Gasteiger partial charge in [0.15, 0.2) is 17.3 Å². The molecule has 36 heavy (non-hydrogen) atoms. The van der Waals surface area contributed by atoms with Crippen molar-refractivity contribution in [2.45, 2.75) is 18.4 Å². The molecule has 4 aromatic rings. The third-order valence-corrected chi connectivity index (χ3v) is 6.63. The van der Waals surface area contributed by atoms with Crippen LogP contribution in [0.2, 0.25) is 0 Å². The first-order valence-corrected chi connectivity index (χ1v) is 12.6. The predicted octanol–water partition coefficient (Wildman–Crippen LogP) is 5.98. The number of nitrogens with zero attached hydrogens (tertiary/aromatic N) is 2. The summed E-state index contributed by atoms with van der Waals surface area (Å²) < 4.78 is 17.4. The number of anilines is 1. The molecule has 0 saturated carbocycles. The molecule has 0 atom stereocenters. The number of hydrogen-bond acceptors (Lipinski definition) is 7. The summed E-state index contributed by atoms with van der Waals surface area (Å²) in [6.45, 7) is 2.48. The van der Waals surface area contributed by atoms with Crippen LogP contribution >= 0.6 is 11.8 Å². The average Bonchev–Trinajstić information content (AvgIpc) is 2.92. The molecule has 8 heteroatoms. The summed E-state index contributed by atoms with van der Waals surface area (Å²) in [5.74, 6) is 3.00. The van der Waals surface area contributed by atoms with E-state index in [0.29, 0.717) is 52.7 Å². The van der Waals surface area contributed by atoms with Crippen LogP contribution < -0.4 is 19.5 Å². The molecule has 1 aliphatic heterocycles. The molecular formula is C28H25N3O4S. The van der Waals surface area contributed by atoms with Crippen molar-refractivity contribution in [3.63, 3.8) is 0 Å². The van der Waals surface area contributed by atoms with E-state index in [-0.39, 0.29) is 11.7 Å². The molecule has 0 spiro atoms. The summed E-state index contributed by atoms with van der Waals surface area (Å²) in [4.78, 5) is 22.4. The molecule has 5 rings (SSSR count). The van der Waals surface area contributed by atoms with Crippen LogP contribution in [0.1, 0.15) is 18.1 Å². The number of amides is 1. The molecule has 1 aliphatic rings. The molecule has 2 heterocycles. The highest BCUT2D eigenvalue weighted by Crippen LogP contribution is 2.44. The third-order valence-electron chi connectivity index (χ3n) is 5.61. The number of carbonyl (C=O) groups is 1. The van der Waals surface area contributed by atoms with Crippen molar-refractivity contribution in [1.29, 1.82) is 0 Å². The van der Waals surface area contributed by atoms with Gasteiger partial charge in [-0.1, -0.05) is 66.4 Å². The summed E-state index contributed by atoms with van der Waals surface area (Å²) in [5, 5.41) is 3.63. The Bertz CT molecular complexity index is 1400. The van der Waals surface area contributed by atoms with Gasteiger partial charge >= 0.3 is 0 Å². The van der Waals surface area contributed by atoms with E-state index in [0.717, 1.165) is 16.7 Å². The van der Waals surface area contributed by atoms with Gasteiger partial charge in [-0.25, -0.2) is 4.98 Å². The number of ether oxygens (including phenoxy) is 3. The van der Waals surface area contributed by atoms with E-state index in [2.05, 4.69) is 5.32 Å². The van der Waals surface area contributed by atoms with Crippen LogP contribution in [0.15, 0.2) is 77.8 Å². The number of aromatic nitrogens is 2. The number of para-hydroxylation sites is 3. The second kappa shape index (κ2) is 10.7. The molecule has 0 radical (unpaired) electrons. The predicted molar refractivity (Wildman–Crippen MR) is 140 cm³/mol. The maximum atomic E-state index is 12.8. The zero-order chi connectivity index (χ0) is 24.9. The normalized spacial score (nSPS) is 11.6. The van der Waals surface area contributed by atoms with Gasteiger partial charge in [-0.15, -0.1) is 0 Å². The number of methoxy groups -OCH3 is 1. The molecule has 0 aliphatic carbocycles. The number of nitrogens with one attached hydrogen (secondary N) is 1. The number of benzene rings is 3. The van der Waals surface area contributed by atoms with Gasteiger partial charge < -0.3 is 19.5 Å². The molecule has 1 amide bonds. The SMILES string of the molecule is CCOc1cccc2c1Oc1nc(-c3ccccc3)nc(SCC(=O)Nc3ccccc3OC)c1C2. The zero-order valence-electron chi connectivity index (χ0n) is 20.0. The first-order valence-electron chi connectivity index (χ1n) is 11.6. The Morgan fingerprint density at radius 1 is 1.00 bits per heavy atom. The van der Waals surface area contributed by atoms with Crippen molar-refractivity contribution >= 4 is 23.4 Å². The molecule has 7 nitrogen and oxygen atoms in total. The Morgan fingerprint density at radius 3 is 2.58 bits per heavy atom. The fourth-order valence-electron chi connectivity index (χ4n) is 3.96. The number of hydrogen-bond donors (Lipinski definition) is 1. The summed E-state index contributed by atoms with van der Waals surface area (Å²) >= 11 is 1.36. The highest BCUT2D eigenvalue weighted by atomic mass is 32.2. The van der Waals surface area contributed by atoms with Gasteiger partial charge in [0.1, 0.15) is 10.8 Å². The van der Waals surface area contributed by atoms with Crippen LogP contribution in [0.4, 0.5) is 5.69 Å². The average molecular weight is 500 g/mol. The minimum Gasteiger partial charge on any atom is -0.495 e. The van der Waals surface area contributed by atoms with Gasteiger partial charge in [-0.05, 0) is 25.1 Å². The van der Waals surface area contributed by atoms with E-state index in [1.165, 1.54) is 11.8 Å². The maximum Gasteiger partial charge on any atom is 0.234 e. The molecule has 0 saturated heterocycles. The van der Waals surface area contributed by atoms with Crippen LogP contribution in [-0.4, -0.2) is 35.3 Å². The van der Waals surface area contributed by atoms with Gasteiger partial charge in [0.25, 0.3) is 0 Å². The fourth-order valence-corrected chi connectivity index (χ4v) is 4.78. The topological polar surface area (TPSA) is 82.6 Å². The van der Waals surface area contributed by atoms with Crippen molar-refractivity contribution in [2.24, 2.45) is 0 Å². The highest BCUT2D eigenvalue weighted by molar-refractivity contribution is 8.00. The lowest BCUT2D eigenvalue weighted by Crippen LogP contribution is -2.16. The first-order chi connectivity index (χ1) is 17.7. The molecule has 1 N–H and O–H groups in total. The third kappa shape index (κ3) is 4.99. The van der Waals surface area contributed by atoms with Crippen LogP contribution in [-0.2, 0) is 11.2 Å². The Kier molecular flexibility index (Phi) is 7.04. The summed E-state index contributed by atoms with van der Waals surface area (Å²) in [6, 6.07) is 22.9. The monoisotopic (exact) mass is 499 g/mol. The lowest BCUT2D eigenvalue weighted by Gasteiger charge is -2.23. The minimum atomic E-state index is -0.158. The second-order valence-electron chi connectivity index (χ2n) is 8.00. The lowest BCUT2D eigenvalue weighted by atomic mass is 10.0. The lowest BCUT2D eigenvalue weighted by molar-refractivity contribution is -0.113. The van der Waals surface area contributed by atoms with Crippen LogP contribution in [0.25, 0.3) is 11.4 Å².